The van der Waals surface area contributed by atoms with Gasteiger partial charge in [-0.05, 0) is 0 Å². The molecule has 0 radical (unpaired) electrons. The van der Waals surface area contributed by atoms with E-state index in [2.05, 4.69) is 5.16 Å². The van der Waals surface area contributed by atoms with E-state index in [0.29, 0.717) is 5.56 Å². The highest BCUT2D eigenvalue weighted by Crippen LogP contribution is 2.00. The van der Waals surface area contributed by atoms with Gasteiger partial charge >= 0.3 is 0 Å². The lowest BCUT2D eigenvalue weighted by atomic mass is 10.1. The fourth-order valence-corrected chi connectivity index (χ4v) is 0.863. The van der Waals surface area contributed by atoms with Gasteiger partial charge in [-0.1, -0.05) is 35.5 Å². The molecule has 1 aromatic carbocycles. The third-order valence-corrected chi connectivity index (χ3v) is 1.40. The molecule has 1 aromatic rings. The van der Waals surface area contributed by atoms with E-state index >= 15 is 0 Å². The number of benzene rings is 1. The Labute approximate surface area is 69.8 Å². The van der Waals surface area contributed by atoms with Gasteiger partial charge in [-0.25, -0.2) is 0 Å². The molecule has 0 saturated carbocycles. The summed E-state index contributed by atoms with van der Waals surface area (Å²) >= 11 is 0. The first-order valence-electron chi connectivity index (χ1n) is 3.37. The van der Waals surface area contributed by atoms with Crippen LogP contribution in [0.2, 0.25) is 0 Å². The van der Waals surface area contributed by atoms with Crippen LogP contribution < -0.4 is 5.73 Å². The van der Waals surface area contributed by atoms with E-state index in [4.69, 9.17) is 16.4 Å². The zero-order valence-corrected chi connectivity index (χ0v) is 6.36. The Morgan fingerprint density at radius 1 is 1.33 bits per heavy atom. The van der Waals surface area contributed by atoms with Gasteiger partial charge in [0.25, 0.3) is 0 Å². The molecule has 0 aliphatic rings. The maximum Gasteiger partial charge on any atom is 0.151 e. The summed E-state index contributed by atoms with van der Waals surface area (Å²) in [6, 6.07) is 8.83. The van der Waals surface area contributed by atoms with Crippen molar-refractivity contribution in [3.63, 3.8) is 0 Å². The molecule has 0 spiro atoms. The maximum absolute atomic E-state index is 8.52. The zero-order chi connectivity index (χ0) is 8.97. The number of amidine groups is 1. The molecule has 0 bridgehead atoms. The van der Waals surface area contributed by atoms with Crippen LogP contribution in [0.25, 0.3) is 0 Å². The number of hydrogen-bond acceptors (Lipinski definition) is 3. The second-order valence-corrected chi connectivity index (χ2v) is 2.23. The van der Waals surface area contributed by atoms with Crippen molar-refractivity contribution >= 4 is 11.5 Å². The second kappa shape index (κ2) is 3.52. The lowest BCUT2D eigenvalue weighted by molar-refractivity contribution is 0.320. The van der Waals surface area contributed by atoms with E-state index in [9.17, 15) is 0 Å². The Hall–Kier alpha value is -1.84. The molecule has 0 unspecified atom stereocenters. The number of rotatable bonds is 2. The van der Waals surface area contributed by atoms with Crippen molar-refractivity contribution in [2.75, 3.05) is 0 Å². The predicted molar refractivity (Wildman–Crippen MR) is 46.7 cm³/mol. The first kappa shape index (κ1) is 8.26. The minimum Gasteiger partial charge on any atom is -0.410 e. The molecule has 62 valence electrons. The van der Waals surface area contributed by atoms with Crippen LogP contribution in [-0.4, -0.2) is 16.8 Å². The van der Waals surface area contributed by atoms with Crippen molar-refractivity contribution < 1.29 is 5.21 Å². The van der Waals surface area contributed by atoms with Crippen molar-refractivity contribution in [3.05, 3.63) is 35.9 Å². The summed E-state index contributed by atoms with van der Waals surface area (Å²) in [7, 11) is 0. The van der Waals surface area contributed by atoms with Crippen LogP contribution in [0, 0.1) is 5.41 Å². The molecule has 1 rings (SSSR count). The first-order chi connectivity index (χ1) is 5.75. The van der Waals surface area contributed by atoms with Gasteiger partial charge in [0.2, 0.25) is 0 Å². The van der Waals surface area contributed by atoms with Crippen molar-refractivity contribution in [1.29, 1.82) is 5.41 Å². The van der Waals surface area contributed by atoms with Gasteiger partial charge in [0.05, 0.1) is 0 Å². The number of nitrogens with one attached hydrogen (secondary N) is 1. The molecule has 0 amide bonds. The van der Waals surface area contributed by atoms with Crippen LogP contribution in [0.4, 0.5) is 0 Å². The van der Waals surface area contributed by atoms with Crippen molar-refractivity contribution in [3.8, 4) is 0 Å². The monoisotopic (exact) mass is 163 g/mol. The fourth-order valence-electron chi connectivity index (χ4n) is 0.863. The maximum atomic E-state index is 8.52. The third-order valence-electron chi connectivity index (χ3n) is 1.40. The number of hydrogen-bond donors (Lipinski definition) is 3. The molecule has 0 heterocycles. The van der Waals surface area contributed by atoms with Crippen LogP contribution in [0.3, 0.4) is 0 Å². The number of nitrogens with zero attached hydrogens (tertiary/aromatic N) is 1. The Kier molecular flexibility index (Phi) is 2.42. The zero-order valence-electron chi connectivity index (χ0n) is 6.36. The summed E-state index contributed by atoms with van der Waals surface area (Å²) in [4.78, 5) is 0. The topological polar surface area (TPSA) is 82.5 Å². The first-order valence-corrected chi connectivity index (χ1v) is 3.37. The van der Waals surface area contributed by atoms with Gasteiger partial charge in [-0.3, -0.25) is 5.41 Å². The van der Waals surface area contributed by atoms with Crippen molar-refractivity contribution in [1.82, 2.24) is 0 Å². The molecule has 4 nitrogen and oxygen atoms in total. The van der Waals surface area contributed by atoms with Crippen LogP contribution in [0.1, 0.15) is 5.56 Å². The molecule has 0 aliphatic carbocycles. The molecule has 4 N–H and O–H groups in total. The Bertz CT molecular complexity index is 305. The molecule has 0 saturated heterocycles. The van der Waals surface area contributed by atoms with E-state index in [1.165, 1.54) is 0 Å². The summed E-state index contributed by atoms with van der Waals surface area (Å²) in [6.07, 6.45) is 0. The van der Waals surface area contributed by atoms with Crippen LogP contribution in [-0.2, 0) is 0 Å². The molecular formula is C8H9N3O. The summed E-state index contributed by atoms with van der Waals surface area (Å²) in [6.45, 7) is 0. The van der Waals surface area contributed by atoms with Crippen molar-refractivity contribution in [2.24, 2.45) is 10.9 Å². The number of oxime groups is 1. The normalized spacial score (nSPS) is 11.2. The van der Waals surface area contributed by atoms with Crippen LogP contribution in [0.5, 0.6) is 0 Å². The van der Waals surface area contributed by atoms with Gasteiger partial charge in [-0.15, -0.1) is 0 Å². The summed E-state index contributed by atoms with van der Waals surface area (Å²) < 4.78 is 0. The van der Waals surface area contributed by atoms with E-state index in [1.54, 1.807) is 24.3 Å². The van der Waals surface area contributed by atoms with E-state index in [-0.39, 0.29) is 11.5 Å². The lowest BCUT2D eigenvalue weighted by Crippen LogP contribution is -2.23. The lowest BCUT2D eigenvalue weighted by Gasteiger charge is -2.00. The second-order valence-electron chi connectivity index (χ2n) is 2.23. The molecule has 12 heavy (non-hydrogen) atoms. The van der Waals surface area contributed by atoms with Gasteiger partial charge < -0.3 is 10.9 Å². The highest BCUT2D eigenvalue weighted by atomic mass is 16.4. The minimum absolute atomic E-state index is 0.0931. The molecule has 0 aromatic heterocycles. The van der Waals surface area contributed by atoms with Gasteiger partial charge in [-0.2, -0.15) is 0 Å². The van der Waals surface area contributed by atoms with Gasteiger partial charge in [0, 0.05) is 5.56 Å². The SMILES string of the molecule is N=C(N)/C(=N\O)c1ccccc1. The molecule has 0 fully saturated rings. The number of nitrogens with two attached hydrogens (primary N) is 1. The summed E-state index contributed by atoms with van der Waals surface area (Å²) in [5.74, 6) is -0.247. The molecular weight excluding hydrogens is 154 g/mol. The van der Waals surface area contributed by atoms with E-state index in [0.717, 1.165) is 0 Å². The molecule has 0 aliphatic heterocycles. The predicted octanol–water partition coefficient (Wildman–Crippen LogP) is 0.801. The Balaban J connectivity index is 3.05. The van der Waals surface area contributed by atoms with Crippen LogP contribution >= 0.6 is 0 Å². The summed E-state index contributed by atoms with van der Waals surface area (Å²) in [5.41, 5.74) is 5.90. The third kappa shape index (κ3) is 1.60. The minimum atomic E-state index is -0.247. The smallest absolute Gasteiger partial charge is 0.151 e. The van der Waals surface area contributed by atoms with Crippen LogP contribution in [0.15, 0.2) is 35.5 Å². The molecule has 4 heteroatoms. The van der Waals surface area contributed by atoms with E-state index in [1.807, 2.05) is 6.07 Å². The average molecular weight is 163 g/mol. The van der Waals surface area contributed by atoms with Gasteiger partial charge in [0.15, 0.2) is 5.71 Å². The Morgan fingerprint density at radius 3 is 2.33 bits per heavy atom. The van der Waals surface area contributed by atoms with E-state index < -0.39 is 0 Å². The summed E-state index contributed by atoms with van der Waals surface area (Å²) in [5, 5.41) is 18.5. The average Bonchev–Trinajstić information content (AvgIpc) is 2.07. The standard InChI is InChI=1S/C8H9N3O/c9-8(10)7(11-12)6-4-2-1-3-5-6/h1-5,12H,(H3,9,10)/b11-7-. The quantitative estimate of drug-likeness (QED) is 0.261. The molecule has 0 atom stereocenters. The fraction of sp³-hybridized carbons (Fsp3) is 0. The highest BCUT2D eigenvalue weighted by Gasteiger charge is 2.05. The van der Waals surface area contributed by atoms with Crippen molar-refractivity contribution in [2.45, 2.75) is 0 Å². The highest BCUT2D eigenvalue weighted by molar-refractivity contribution is 6.45. The Morgan fingerprint density at radius 2 is 1.92 bits per heavy atom. The largest absolute Gasteiger partial charge is 0.410 e. The van der Waals surface area contributed by atoms with Gasteiger partial charge in [0.1, 0.15) is 5.84 Å².